The SMILES string of the molecule is COc1cccc(N2CCN(c3nccc(C#N)n3)CC2)n1. The van der Waals surface area contributed by atoms with Gasteiger partial charge in [0.1, 0.15) is 17.6 Å². The van der Waals surface area contributed by atoms with Crippen LogP contribution in [0.25, 0.3) is 0 Å². The van der Waals surface area contributed by atoms with E-state index < -0.39 is 0 Å². The van der Waals surface area contributed by atoms with Gasteiger partial charge in [-0.15, -0.1) is 0 Å². The molecule has 3 rings (SSSR count). The Morgan fingerprint density at radius 3 is 2.59 bits per heavy atom. The van der Waals surface area contributed by atoms with Crippen LogP contribution in [0.5, 0.6) is 5.88 Å². The van der Waals surface area contributed by atoms with E-state index in [0.29, 0.717) is 17.5 Å². The van der Waals surface area contributed by atoms with Gasteiger partial charge in [0, 0.05) is 38.4 Å². The highest BCUT2D eigenvalue weighted by molar-refractivity contribution is 5.44. The predicted octanol–water partition coefficient (Wildman–Crippen LogP) is 1.08. The number of methoxy groups -OCH3 is 1. The molecule has 0 radical (unpaired) electrons. The average Bonchev–Trinajstić information content (AvgIpc) is 2.62. The zero-order valence-electron chi connectivity index (χ0n) is 12.3. The summed E-state index contributed by atoms with van der Waals surface area (Å²) in [7, 11) is 1.61. The molecule has 0 aromatic carbocycles. The summed E-state index contributed by atoms with van der Waals surface area (Å²) in [4.78, 5) is 17.2. The number of ether oxygens (including phenoxy) is 1. The van der Waals surface area contributed by atoms with Crippen LogP contribution in [-0.2, 0) is 0 Å². The van der Waals surface area contributed by atoms with Crippen molar-refractivity contribution in [3.05, 3.63) is 36.2 Å². The van der Waals surface area contributed by atoms with Gasteiger partial charge >= 0.3 is 0 Å². The monoisotopic (exact) mass is 296 g/mol. The summed E-state index contributed by atoms with van der Waals surface area (Å²) in [6.45, 7) is 3.21. The predicted molar refractivity (Wildman–Crippen MR) is 82.0 cm³/mol. The van der Waals surface area contributed by atoms with E-state index in [9.17, 15) is 0 Å². The smallest absolute Gasteiger partial charge is 0.226 e. The van der Waals surface area contributed by atoms with Crippen LogP contribution >= 0.6 is 0 Å². The van der Waals surface area contributed by atoms with Crippen molar-refractivity contribution in [2.75, 3.05) is 43.1 Å². The van der Waals surface area contributed by atoms with E-state index in [0.717, 1.165) is 32.0 Å². The Balaban J connectivity index is 1.68. The maximum atomic E-state index is 8.91. The number of nitriles is 1. The lowest BCUT2D eigenvalue weighted by atomic mass is 10.3. The van der Waals surface area contributed by atoms with Crippen molar-refractivity contribution in [2.45, 2.75) is 0 Å². The molecule has 0 atom stereocenters. The second kappa shape index (κ2) is 6.26. The molecule has 0 amide bonds. The molecular formula is C15H16N6O. The summed E-state index contributed by atoms with van der Waals surface area (Å²) < 4.78 is 5.16. The summed E-state index contributed by atoms with van der Waals surface area (Å²) in [5, 5.41) is 8.91. The van der Waals surface area contributed by atoms with E-state index >= 15 is 0 Å². The Morgan fingerprint density at radius 1 is 1.09 bits per heavy atom. The van der Waals surface area contributed by atoms with Crippen molar-refractivity contribution in [1.82, 2.24) is 15.0 Å². The van der Waals surface area contributed by atoms with Crippen molar-refractivity contribution in [1.29, 1.82) is 5.26 Å². The zero-order valence-corrected chi connectivity index (χ0v) is 12.3. The molecule has 2 aromatic heterocycles. The van der Waals surface area contributed by atoms with Gasteiger partial charge < -0.3 is 14.5 Å². The number of piperazine rings is 1. The Labute approximate surface area is 128 Å². The molecule has 0 aliphatic carbocycles. The second-order valence-corrected chi connectivity index (χ2v) is 4.87. The minimum absolute atomic E-state index is 0.391. The van der Waals surface area contributed by atoms with Crippen molar-refractivity contribution in [3.8, 4) is 11.9 Å². The van der Waals surface area contributed by atoms with Crippen molar-refractivity contribution >= 4 is 11.8 Å². The average molecular weight is 296 g/mol. The van der Waals surface area contributed by atoms with Crippen LogP contribution < -0.4 is 14.5 Å². The van der Waals surface area contributed by atoms with Gasteiger partial charge in [-0.2, -0.15) is 10.2 Å². The van der Waals surface area contributed by atoms with E-state index in [1.807, 2.05) is 24.3 Å². The van der Waals surface area contributed by atoms with Gasteiger partial charge in [0.25, 0.3) is 0 Å². The maximum Gasteiger partial charge on any atom is 0.226 e. The molecule has 0 unspecified atom stereocenters. The highest BCUT2D eigenvalue weighted by atomic mass is 16.5. The highest BCUT2D eigenvalue weighted by Crippen LogP contribution is 2.18. The fourth-order valence-corrected chi connectivity index (χ4v) is 2.39. The van der Waals surface area contributed by atoms with Gasteiger partial charge in [-0.05, 0) is 12.1 Å². The summed E-state index contributed by atoms with van der Waals surface area (Å²) in [6.07, 6.45) is 1.62. The first-order valence-electron chi connectivity index (χ1n) is 7.04. The highest BCUT2D eigenvalue weighted by Gasteiger charge is 2.20. The molecule has 0 spiro atoms. The van der Waals surface area contributed by atoms with Crippen LogP contribution in [0.2, 0.25) is 0 Å². The number of hydrogen-bond acceptors (Lipinski definition) is 7. The first kappa shape index (κ1) is 14.1. The second-order valence-electron chi connectivity index (χ2n) is 4.87. The topological polar surface area (TPSA) is 78.2 Å². The molecule has 0 bridgehead atoms. The number of nitrogens with zero attached hydrogens (tertiary/aromatic N) is 6. The van der Waals surface area contributed by atoms with E-state index in [1.54, 1.807) is 19.4 Å². The van der Waals surface area contributed by atoms with Crippen LogP contribution in [0.1, 0.15) is 5.69 Å². The molecule has 1 aliphatic rings. The molecule has 22 heavy (non-hydrogen) atoms. The molecule has 112 valence electrons. The van der Waals surface area contributed by atoms with Crippen LogP contribution in [0.4, 0.5) is 11.8 Å². The normalized spacial score (nSPS) is 14.5. The van der Waals surface area contributed by atoms with Crippen LogP contribution in [-0.4, -0.2) is 48.2 Å². The van der Waals surface area contributed by atoms with E-state index in [-0.39, 0.29) is 0 Å². The summed E-state index contributed by atoms with van der Waals surface area (Å²) >= 11 is 0. The molecule has 0 saturated carbocycles. The molecule has 7 nitrogen and oxygen atoms in total. The van der Waals surface area contributed by atoms with Crippen molar-refractivity contribution < 1.29 is 4.74 Å². The van der Waals surface area contributed by atoms with Crippen LogP contribution in [0.3, 0.4) is 0 Å². The van der Waals surface area contributed by atoms with Gasteiger partial charge in [0.2, 0.25) is 11.8 Å². The molecule has 1 fully saturated rings. The van der Waals surface area contributed by atoms with E-state index in [4.69, 9.17) is 10.00 Å². The number of pyridine rings is 1. The van der Waals surface area contributed by atoms with Crippen molar-refractivity contribution in [2.24, 2.45) is 0 Å². The first-order valence-corrected chi connectivity index (χ1v) is 7.04. The van der Waals surface area contributed by atoms with Gasteiger partial charge in [-0.1, -0.05) is 6.07 Å². The lowest BCUT2D eigenvalue weighted by Crippen LogP contribution is -2.47. The minimum Gasteiger partial charge on any atom is -0.481 e. The number of hydrogen-bond donors (Lipinski definition) is 0. The lowest BCUT2D eigenvalue weighted by molar-refractivity contribution is 0.397. The molecule has 1 aliphatic heterocycles. The Bertz CT molecular complexity index is 690. The first-order chi connectivity index (χ1) is 10.8. The number of anilines is 2. The zero-order chi connectivity index (χ0) is 15.4. The van der Waals surface area contributed by atoms with E-state index in [2.05, 4.69) is 24.8 Å². The van der Waals surface area contributed by atoms with Gasteiger partial charge in [-0.3, -0.25) is 0 Å². The van der Waals surface area contributed by atoms with Gasteiger partial charge in [0.05, 0.1) is 7.11 Å². The third-order valence-electron chi connectivity index (χ3n) is 3.56. The lowest BCUT2D eigenvalue weighted by Gasteiger charge is -2.35. The standard InChI is InChI=1S/C15H16N6O/c1-22-14-4-2-3-13(19-14)20-7-9-21(10-8-20)15-17-6-5-12(11-16)18-15/h2-6H,7-10H2,1H3. The third kappa shape index (κ3) is 2.91. The summed E-state index contributed by atoms with van der Waals surface area (Å²) in [5.41, 5.74) is 0.391. The summed E-state index contributed by atoms with van der Waals surface area (Å²) in [5.74, 6) is 2.13. The van der Waals surface area contributed by atoms with Gasteiger partial charge in [0.15, 0.2) is 0 Å². The quantitative estimate of drug-likeness (QED) is 0.838. The Hall–Kier alpha value is -2.88. The number of rotatable bonds is 3. The maximum absolute atomic E-state index is 8.91. The Kier molecular flexibility index (Phi) is 4.01. The van der Waals surface area contributed by atoms with E-state index in [1.165, 1.54) is 0 Å². The minimum atomic E-state index is 0.391. The number of aromatic nitrogens is 3. The molecule has 2 aromatic rings. The third-order valence-corrected chi connectivity index (χ3v) is 3.56. The largest absolute Gasteiger partial charge is 0.481 e. The molecule has 0 N–H and O–H groups in total. The fraction of sp³-hybridized carbons (Fsp3) is 0.333. The van der Waals surface area contributed by atoms with Crippen molar-refractivity contribution in [3.63, 3.8) is 0 Å². The summed E-state index contributed by atoms with van der Waals surface area (Å²) in [6, 6.07) is 9.40. The van der Waals surface area contributed by atoms with Gasteiger partial charge in [-0.25, -0.2) is 9.97 Å². The van der Waals surface area contributed by atoms with Crippen LogP contribution in [0.15, 0.2) is 30.5 Å². The fourth-order valence-electron chi connectivity index (χ4n) is 2.39. The molecule has 3 heterocycles. The van der Waals surface area contributed by atoms with Crippen LogP contribution in [0, 0.1) is 11.3 Å². The Morgan fingerprint density at radius 2 is 1.86 bits per heavy atom. The molecule has 1 saturated heterocycles. The molecular weight excluding hydrogens is 280 g/mol. The molecule has 7 heteroatoms.